The fourth-order valence-electron chi connectivity index (χ4n) is 3.01. The van der Waals surface area contributed by atoms with E-state index >= 15 is 0 Å². The van der Waals surface area contributed by atoms with Gasteiger partial charge in [0.15, 0.2) is 5.96 Å². The van der Waals surface area contributed by atoms with E-state index in [1.165, 1.54) is 16.7 Å². The lowest BCUT2D eigenvalue weighted by Crippen LogP contribution is -2.38. The van der Waals surface area contributed by atoms with Gasteiger partial charge in [-0.15, -0.1) is 0 Å². The molecule has 3 N–H and O–H groups in total. The molecule has 2 aromatic rings. The van der Waals surface area contributed by atoms with Crippen LogP contribution in [-0.4, -0.2) is 32.0 Å². The Morgan fingerprint density at radius 2 is 1.74 bits per heavy atom. The summed E-state index contributed by atoms with van der Waals surface area (Å²) in [5.74, 6) is 0.700. The zero-order valence-electron chi connectivity index (χ0n) is 16.7. The molecule has 1 amide bonds. The summed E-state index contributed by atoms with van der Waals surface area (Å²) in [6, 6.07) is 14.2. The number of hydrogen-bond acceptors (Lipinski definition) is 2. The highest BCUT2D eigenvalue weighted by atomic mass is 16.1. The minimum Gasteiger partial charge on any atom is -0.357 e. The maximum Gasteiger partial charge on any atom is 0.251 e. The van der Waals surface area contributed by atoms with Crippen LogP contribution >= 0.6 is 0 Å². The van der Waals surface area contributed by atoms with Gasteiger partial charge >= 0.3 is 0 Å². The Balaban J connectivity index is 1.96. The molecule has 0 atom stereocenters. The molecule has 2 rings (SSSR count). The average molecular weight is 367 g/mol. The van der Waals surface area contributed by atoms with E-state index in [0.29, 0.717) is 12.1 Å². The summed E-state index contributed by atoms with van der Waals surface area (Å²) in [4.78, 5) is 16.4. The normalized spacial score (nSPS) is 11.2. The van der Waals surface area contributed by atoms with Crippen molar-refractivity contribution in [2.24, 2.45) is 4.99 Å². The maximum absolute atomic E-state index is 11.8. The highest BCUT2D eigenvalue weighted by molar-refractivity contribution is 5.94. The standard InChI is InChI=1S/C22H30N4O/c1-5-24-22(25-10-9-18-12-16(2)11-17(3)13-18)26-15-19-7-6-8-20(14-19)21(27)23-4/h6-8,11-14H,5,9-10,15H2,1-4H3,(H,23,27)(H2,24,25,26). The molecule has 0 bridgehead atoms. The molecular weight excluding hydrogens is 336 g/mol. The number of benzene rings is 2. The number of nitrogens with one attached hydrogen (secondary N) is 3. The number of carbonyl (C=O) groups excluding carboxylic acids is 1. The van der Waals surface area contributed by atoms with Gasteiger partial charge in [-0.25, -0.2) is 4.99 Å². The largest absolute Gasteiger partial charge is 0.357 e. The highest BCUT2D eigenvalue weighted by Crippen LogP contribution is 2.09. The fraction of sp³-hybridized carbons (Fsp3) is 0.364. The Hall–Kier alpha value is -2.82. The van der Waals surface area contributed by atoms with Crippen LogP contribution in [0.3, 0.4) is 0 Å². The van der Waals surface area contributed by atoms with Gasteiger partial charge in [0.05, 0.1) is 6.54 Å². The Kier molecular flexibility index (Phi) is 7.86. The number of hydrogen-bond donors (Lipinski definition) is 3. The van der Waals surface area contributed by atoms with Crippen LogP contribution in [0.4, 0.5) is 0 Å². The number of rotatable bonds is 7. The summed E-state index contributed by atoms with van der Waals surface area (Å²) in [7, 11) is 1.63. The molecule has 0 unspecified atom stereocenters. The number of nitrogens with zero attached hydrogens (tertiary/aromatic N) is 1. The Morgan fingerprint density at radius 1 is 1.00 bits per heavy atom. The second-order valence-corrected chi connectivity index (χ2v) is 6.65. The number of aliphatic imine (C=N–C) groups is 1. The van der Waals surface area contributed by atoms with E-state index in [4.69, 9.17) is 0 Å². The fourth-order valence-corrected chi connectivity index (χ4v) is 3.01. The minimum atomic E-state index is -0.0840. The molecule has 0 aliphatic rings. The lowest BCUT2D eigenvalue weighted by Gasteiger charge is -2.12. The molecule has 5 nitrogen and oxygen atoms in total. The number of amides is 1. The Labute approximate surface area is 162 Å². The smallest absolute Gasteiger partial charge is 0.251 e. The van der Waals surface area contributed by atoms with Crippen LogP contribution in [0.15, 0.2) is 47.5 Å². The van der Waals surface area contributed by atoms with Gasteiger partial charge in [0, 0.05) is 25.7 Å². The van der Waals surface area contributed by atoms with Crippen molar-refractivity contribution in [3.63, 3.8) is 0 Å². The van der Waals surface area contributed by atoms with E-state index in [1.54, 1.807) is 13.1 Å². The van der Waals surface area contributed by atoms with E-state index in [-0.39, 0.29) is 5.91 Å². The van der Waals surface area contributed by atoms with Crippen LogP contribution in [0.5, 0.6) is 0 Å². The highest BCUT2D eigenvalue weighted by Gasteiger charge is 2.04. The van der Waals surface area contributed by atoms with Gasteiger partial charge in [0.2, 0.25) is 0 Å². The Morgan fingerprint density at radius 3 is 2.41 bits per heavy atom. The molecule has 2 aromatic carbocycles. The molecule has 0 radical (unpaired) electrons. The zero-order chi connectivity index (χ0) is 19.6. The first kappa shape index (κ1) is 20.5. The van der Waals surface area contributed by atoms with E-state index in [9.17, 15) is 4.79 Å². The summed E-state index contributed by atoms with van der Waals surface area (Å²) in [5, 5.41) is 9.30. The van der Waals surface area contributed by atoms with Gasteiger partial charge in [-0.05, 0) is 50.5 Å². The second kappa shape index (κ2) is 10.4. The van der Waals surface area contributed by atoms with Crippen molar-refractivity contribution in [3.8, 4) is 0 Å². The number of guanidine groups is 1. The molecule has 0 fully saturated rings. The average Bonchev–Trinajstić information content (AvgIpc) is 2.65. The van der Waals surface area contributed by atoms with Crippen molar-refractivity contribution in [2.45, 2.75) is 33.7 Å². The molecule has 0 aliphatic carbocycles. The molecule has 0 saturated heterocycles. The van der Waals surface area contributed by atoms with Crippen LogP contribution in [0.1, 0.15) is 39.5 Å². The molecule has 27 heavy (non-hydrogen) atoms. The van der Waals surface area contributed by atoms with Gasteiger partial charge in [0.25, 0.3) is 5.91 Å². The predicted molar refractivity (Wildman–Crippen MR) is 112 cm³/mol. The Bertz CT molecular complexity index is 778. The van der Waals surface area contributed by atoms with Crippen molar-refractivity contribution in [3.05, 3.63) is 70.3 Å². The van der Waals surface area contributed by atoms with Crippen LogP contribution in [0.25, 0.3) is 0 Å². The molecular formula is C22H30N4O. The first-order valence-electron chi connectivity index (χ1n) is 9.42. The molecule has 0 aliphatic heterocycles. The number of carbonyl (C=O) groups is 1. The van der Waals surface area contributed by atoms with Crippen molar-refractivity contribution in [1.29, 1.82) is 0 Å². The first-order valence-corrected chi connectivity index (χ1v) is 9.42. The van der Waals surface area contributed by atoms with Crippen LogP contribution in [-0.2, 0) is 13.0 Å². The molecule has 0 saturated carbocycles. The lowest BCUT2D eigenvalue weighted by atomic mass is 10.1. The molecule has 0 spiro atoms. The summed E-state index contributed by atoms with van der Waals surface area (Å²) in [6.07, 6.45) is 0.944. The molecule has 0 aromatic heterocycles. The molecule has 144 valence electrons. The van der Waals surface area contributed by atoms with E-state index in [1.807, 2.05) is 25.1 Å². The number of aryl methyl sites for hydroxylation is 2. The third-order valence-corrected chi connectivity index (χ3v) is 4.17. The van der Waals surface area contributed by atoms with E-state index in [0.717, 1.165) is 31.0 Å². The predicted octanol–water partition coefficient (Wildman–Crippen LogP) is 2.96. The van der Waals surface area contributed by atoms with E-state index in [2.05, 4.69) is 53.0 Å². The van der Waals surface area contributed by atoms with Crippen molar-refractivity contribution in [2.75, 3.05) is 20.1 Å². The van der Waals surface area contributed by atoms with Crippen molar-refractivity contribution in [1.82, 2.24) is 16.0 Å². The maximum atomic E-state index is 11.8. The second-order valence-electron chi connectivity index (χ2n) is 6.65. The van der Waals surface area contributed by atoms with Gasteiger partial charge in [-0.1, -0.05) is 41.5 Å². The van der Waals surface area contributed by atoms with Gasteiger partial charge in [-0.3, -0.25) is 4.79 Å². The van der Waals surface area contributed by atoms with Crippen molar-refractivity contribution < 1.29 is 4.79 Å². The van der Waals surface area contributed by atoms with Crippen LogP contribution in [0, 0.1) is 13.8 Å². The van der Waals surface area contributed by atoms with E-state index < -0.39 is 0 Å². The summed E-state index contributed by atoms with van der Waals surface area (Å²) < 4.78 is 0. The minimum absolute atomic E-state index is 0.0840. The topological polar surface area (TPSA) is 65.5 Å². The summed E-state index contributed by atoms with van der Waals surface area (Å²) >= 11 is 0. The van der Waals surface area contributed by atoms with Crippen LogP contribution < -0.4 is 16.0 Å². The monoisotopic (exact) mass is 366 g/mol. The van der Waals surface area contributed by atoms with Crippen LogP contribution in [0.2, 0.25) is 0 Å². The zero-order valence-corrected chi connectivity index (χ0v) is 16.7. The van der Waals surface area contributed by atoms with Gasteiger partial charge < -0.3 is 16.0 Å². The third-order valence-electron chi connectivity index (χ3n) is 4.17. The molecule has 0 heterocycles. The lowest BCUT2D eigenvalue weighted by molar-refractivity contribution is 0.0963. The summed E-state index contributed by atoms with van der Waals surface area (Å²) in [5.41, 5.74) is 5.57. The van der Waals surface area contributed by atoms with Gasteiger partial charge in [0.1, 0.15) is 0 Å². The summed E-state index contributed by atoms with van der Waals surface area (Å²) in [6.45, 7) is 8.43. The van der Waals surface area contributed by atoms with Crippen molar-refractivity contribution >= 4 is 11.9 Å². The quantitative estimate of drug-likeness (QED) is 0.521. The third kappa shape index (κ3) is 6.77. The van der Waals surface area contributed by atoms with Gasteiger partial charge in [-0.2, -0.15) is 0 Å². The molecule has 5 heteroatoms. The first-order chi connectivity index (χ1) is 13.0. The SMILES string of the molecule is CCNC(=NCc1cccc(C(=O)NC)c1)NCCc1cc(C)cc(C)c1.